The van der Waals surface area contributed by atoms with Crippen molar-refractivity contribution in [2.45, 2.75) is 38.7 Å². The Morgan fingerprint density at radius 1 is 1.50 bits per heavy atom. The van der Waals surface area contributed by atoms with E-state index in [4.69, 9.17) is 4.74 Å². The largest absolute Gasteiger partial charge is 0.508 e. The first-order valence-corrected chi connectivity index (χ1v) is 5.59. The number of Topliss-reactive ketones (excluding diaryl/α,β-unsaturated/α-hetero) is 1. The zero-order valence-corrected chi connectivity index (χ0v) is 9.62. The van der Waals surface area contributed by atoms with Gasteiger partial charge in [0.2, 0.25) is 0 Å². The van der Waals surface area contributed by atoms with Crippen LogP contribution >= 0.6 is 0 Å². The number of phenols is 1. The van der Waals surface area contributed by atoms with E-state index < -0.39 is 5.60 Å². The first-order valence-electron chi connectivity index (χ1n) is 5.59. The molecular formula is C13H16O3. The normalized spacial score (nSPS) is 23.8. The van der Waals surface area contributed by atoms with Crippen molar-refractivity contribution in [2.24, 2.45) is 0 Å². The number of ether oxygens (including phenoxy) is 1. The molecule has 2 rings (SSSR count). The molecule has 0 bridgehead atoms. The number of aromatic hydroxyl groups is 1. The number of fused-ring (bicyclic) bond motifs is 1. The predicted molar refractivity (Wildman–Crippen MR) is 61.0 cm³/mol. The minimum atomic E-state index is -0.424. The molecule has 0 aromatic heterocycles. The Bertz CT molecular complexity index is 425. The summed E-state index contributed by atoms with van der Waals surface area (Å²) in [7, 11) is 0. The Labute approximate surface area is 95.0 Å². The highest BCUT2D eigenvalue weighted by atomic mass is 16.5. The molecule has 1 N–H and O–H groups in total. The number of rotatable bonds is 2. The van der Waals surface area contributed by atoms with Gasteiger partial charge in [0.25, 0.3) is 0 Å². The number of carbonyl (C=O) groups is 1. The number of phenolic OH excluding ortho intramolecular Hbond substituents is 1. The highest BCUT2D eigenvalue weighted by molar-refractivity contribution is 6.00. The van der Waals surface area contributed by atoms with Crippen LogP contribution in [0.1, 0.15) is 43.5 Å². The van der Waals surface area contributed by atoms with Crippen LogP contribution in [0.2, 0.25) is 0 Å². The lowest BCUT2D eigenvalue weighted by Crippen LogP contribution is -2.38. The standard InChI is InChI=1S/C13H16O3/c1-3-6-13(2)8-11(15)10-5-4-9(14)7-12(10)16-13/h4-5,7,14H,3,6,8H2,1-2H3. The smallest absolute Gasteiger partial charge is 0.170 e. The molecule has 1 unspecified atom stereocenters. The second kappa shape index (κ2) is 3.81. The van der Waals surface area contributed by atoms with E-state index in [1.165, 1.54) is 12.1 Å². The zero-order chi connectivity index (χ0) is 11.8. The molecule has 0 fully saturated rings. The van der Waals surface area contributed by atoms with Crippen molar-refractivity contribution in [3.8, 4) is 11.5 Å². The van der Waals surface area contributed by atoms with Crippen LogP contribution in [0.3, 0.4) is 0 Å². The summed E-state index contributed by atoms with van der Waals surface area (Å²) in [5.74, 6) is 0.733. The fraction of sp³-hybridized carbons (Fsp3) is 0.462. The van der Waals surface area contributed by atoms with E-state index >= 15 is 0 Å². The molecular weight excluding hydrogens is 204 g/mol. The van der Waals surface area contributed by atoms with Gasteiger partial charge in [-0.25, -0.2) is 0 Å². The van der Waals surface area contributed by atoms with E-state index in [9.17, 15) is 9.90 Å². The molecule has 1 aliphatic heterocycles. The van der Waals surface area contributed by atoms with Crippen molar-refractivity contribution in [1.82, 2.24) is 0 Å². The summed E-state index contributed by atoms with van der Waals surface area (Å²) in [5.41, 5.74) is 0.151. The summed E-state index contributed by atoms with van der Waals surface area (Å²) in [4.78, 5) is 11.9. The Hall–Kier alpha value is -1.51. The zero-order valence-electron chi connectivity index (χ0n) is 9.62. The summed E-state index contributed by atoms with van der Waals surface area (Å²) >= 11 is 0. The van der Waals surface area contributed by atoms with Crippen molar-refractivity contribution in [1.29, 1.82) is 0 Å². The van der Waals surface area contributed by atoms with Crippen LogP contribution in [-0.2, 0) is 0 Å². The molecule has 0 radical (unpaired) electrons. The van der Waals surface area contributed by atoms with E-state index in [0.29, 0.717) is 17.7 Å². The molecule has 0 saturated heterocycles. The Morgan fingerprint density at radius 3 is 2.94 bits per heavy atom. The van der Waals surface area contributed by atoms with Crippen LogP contribution in [0.15, 0.2) is 18.2 Å². The number of benzene rings is 1. The average Bonchev–Trinajstić information content (AvgIpc) is 2.15. The van der Waals surface area contributed by atoms with Crippen molar-refractivity contribution in [3.05, 3.63) is 23.8 Å². The Balaban J connectivity index is 2.38. The van der Waals surface area contributed by atoms with Gasteiger partial charge in [0, 0.05) is 6.07 Å². The molecule has 3 nitrogen and oxygen atoms in total. The fourth-order valence-electron chi connectivity index (χ4n) is 2.23. The number of hydrogen-bond donors (Lipinski definition) is 1. The first-order chi connectivity index (χ1) is 7.54. The van der Waals surface area contributed by atoms with Crippen LogP contribution in [0.25, 0.3) is 0 Å². The van der Waals surface area contributed by atoms with Gasteiger partial charge in [0.05, 0.1) is 12.0 Å². The summed E-state index contributed by atoms with van der Waals surface area (Å²) < 4.78 is 5.83. The first kappa shape index (κ1) is 11.0. The Kier molecular flexibility index (Phi) is 2.62. The second-order valence-corrected chi connectivity index (χ2v) is 4.58. The van der Waals surface area contributed by atoms with E-state index in [1.54, 1.807) is 6.07 Å². The quantitative estimate of drug-likeness (QED) is 0.833. The van der Waals surface area contributed by atoms with Gasteiger partial charge < -0.3 is 9.84 Å². The highest BCUT2D eigenvalue weighted by Gasteiger charge is 2.35. The lowest BCUT2D eigenvalue weighted by molar-refractivity contribution is 0.0464. The van der Waals surface area contributed by atoms with Crippen LogP contribution in [0.4, 0.5) is 0 Å². The third-order valence-electron chi connectivity index (χ3n) is 2.94. The molecule has 1 aromatic rings. The highest BCUT2D eigenvalue weighted by Crippen LogP contribution is 2.37. The summed E-state index contributed by atoms with van der Waals surface area (Å²) in [6.45, 7) is 4.01. The average molecular weight is 220 g/mol. The third kappa shape index (κ3) is 1.90. The van der Waals surface area contributed by atoms with E-state index in [1.807, 2.05) is 6.92 Å². The van der Waals surface area contributed by atoms with Crippen molar-refractivity contribution < 1.29 is 14.6 Å². The molecule has 0 spiro atoms. The molecule has 1 aliphatic rings. The molecule has 3 heteroatoms. The summed E-state index contributed by atoms with van der Waals surface area (Å²) in [6, 6.07) is 4.65. The minimum absolute atomic E-state index is 0.0946. The topological polar surface area (TPSA) is 46.5 Å². The van der Waals surface area contributed by atoms with Gasteiger partial charge in [0.15, 0.2) is 5.78 Å². The minimum Gasteiger partial charge on any atom is -0.508 e. The van der Waals surface area contributed by atoms with Gasteiger partial charge in [0.1, 0.15) is 17.1 Å². The van der Waals surface area contributed by atoms with Gasteiger partial charge in [-0.15, -0.1) is 0 Å². The van der Waals surface area contributed by atoms with Gasteiger partial charge >= 0.3 is 0 Å². The van der Waals surface area contributed by atoms with Gasteiger partial charge in [-0.05, 0) is 25.5 Å². The Morgan fingerprint density at radius 2 is 2.25 bits per heavy atom. The molecule has 16 heavy (non-hydrogen) atoms. The lowest BCUT2D eigenvalue weighted by Gasteiger charge is -2.34. The maximum Gasteiger partial charge on any atom is 0.170 e. The molecule has 1 atom stereocenters. The van der Waals surface area contributed by atoms with E-state index in [-0.39, 0.29) is 11.5 Å². The van der Waals surface area contributed by atoms with Crippen LogP contribution < -0.4 is 4.74 Å². The second-order valence-electron chi connectivity index (χ2n) is 4.58. The summed E-state index contributed by atoms with van der Waals surface area (Å²) in [6.07, 6.45) is 2.23. The van der Waals surface area contributed by atoms with Crippen molar-refractivity contribution >= 4 is 5.78 Å². The van der Waals surface area contributed by atoms with Gasteiger partial charge in [-0.3, -0.25) is 4.79 Å². The molecule has 0 aliphatic carbocycles. The fourth-order valence-corrected chi connectivity index (χ4v) is 2.23. The van der Waals surface area contributed by atoms with Gasteiger partial charge in [-0.1, -0.05) is 13.3 Å². The lowest BCUT2D eigenvalue weighted by atomic mass is 9.88. The maximum atomic E-state index is 11.9. The number of hydrogen-bond acceptors (Lipinski definition) is 3. The predicted octanol–water partition coefficient (Wildman–Crippen LogP) is 2.92. The van der Waals surface area contributed by atoms with Crippen molar-refractivity contribution in [3.63, 3.8) is 0 Å². The maximum absolute atomic E-state index is 11.9. The van der Waals surface area contributed by atoms with E-state index in [0.717, 1.165) is 12.8 Å². The van der Waals surface area contributed by atoms with Crippen LogP contribution in [0, 0.1) is 0 Å². The molecule has 0 amide bonds. The number of carbonyl (C=O) groups excluding carboxylic acids is 1. The van der Waals surface area contributed by atoms with Crippen LogP contribution in [0.5, 0.6) is 11.5 Å². The van der Waals surface area contributed by atoms with Crippen LogP contribution in [-0.4, -0.2) is 16.5 Å². The van der Waals surface area contributed by atoms with Crippen molar-refractivity contribution in [2.75, 3.05) is 0 Å². The van der Waals surface area contributed by atoms with E-state index in [2.05, 4.69) is 6.92 Å². The molecule has 1 heterocycles. The molecule has 0 saturated carbocycles. The summed E-state index contributed by atoms with van der Waals surface area (Å²) in [5, 5.41) is 9.38. The molecule has 1 aromatic carbocycles. The van der Waals surface area contributed by atoms with Gasteiger partial charge in [-0.2, -0.15) is 0 Å². The number of ketones is 1. The third-order valence-corrected chi connectivity index (χ3v) is 2.94. The monoisotopic (exact) mass is 220 g/mol. The molecule has 86 valence electrons. The SMILES string of the molecule is CCCC1(C)CC(=O)c2ccc(O)cc2O1.